The first-order chi connectivity index (χ1) is 8.33. The highest BCUT2D eigenvalue weighted by Crippen LogP contribution is 2.43. The fourth-order valence-electron chi connectivity index (χ4n) is 1.51. The van der Waals surface area contributed by atoms with E-state index in [0.29, 0.717) is 0 Å². The van der Waals surface area contributed by atoms with Gasteiger partial charge in [0, 0.05) is 0 Å². The van der Waals surface area contributed by atoms with Crippen LogP contribution >= 0.6 is 7.92 Å². The van der Waals surface area contributed by atoms with Crippen molar-refractivity contribution in [2.45, 2.75) is 20.8 Å². The molecule has 0 saturated heterocycles. The van der Waals surface area contributed by atoms with Crippen molar-refractivity contribution in [3.8, 4) is 0 Å². The topological polar surface area (TPSA) is 0 Å². The van der Waals surface area contributed by atoms with Crippen LogP contribution in [-0.2, 0) is 0 Å². The van der Waals surface area contributed by atoms with Gasteiger partial charge < -0.3 is 0 Å². The Balaban J connectivity index is 0.00000121. The van der Waals surface area contributed by atoms with Crippen molar-refractivity contribution in [2.24, 2.45) is 0 Å². The third-order valence-corrected chi connectivity index (χ3v) is 4.70. The predicted molar refractivity (Wildman–Crippen MR) is 83.4 cm³/mol. The molecule has 0 radical (unpaired) electrons. The SMILES string of the molecule is C=C/C=C(\C=C)P(CC)c1ccccc1.CC. The molecule has 1 unspecified atom stereocenters. The molecule has 0 fully saturated rings. The van der Waals surface area contributed by atoms with Gasteiger partial charge in [-0.15, -0.1) is 0 Å². The lowest BCUT2D eigenvalue weighted by Gasteiger charge is -2.16. The van der Waals surface area contributed by atoms with E-state index in [1.807, 2.05) is 26.0 Å². The third-order valence-electron chi connectivity index (χ3n) is 2.19. The molecule has 0 nitrogen and oxygen atoms in total. The van der Waals surface area contributed by atoms with Gasteiger partial charge in [-0.2, -0.15) is 0 Å². The summed E-state index contributed by atoms with van der Waals surface area (Å²) in [7, 11) is -0.251. The lowest BCUT2D eigenvalue weighted by Crippen LogP contribution is -2.02. The summed E-state index contributed by atoms with van der Waals surface area (Å²) >= 11 is 0. The highest BCUT2D eigenvalue weighted by molar-refractivity contribution is 7.69. The van der Waals surface area contributed by atoms with Crippen LogP contribution in [-0.4, -0.2) is 6.16 Å². The Bertz CT molecular complexity index is 349. The molecule has 1 heteroatoms. The van der Waals surface area contributed by atoms with Crippen LogP contribution in [0.4, 0.5) is 0 Å². The van der Waals surface area contributed by atoms with E-state index in [0.717, 1.165) is 6.16 Å². The Labute approximate surface area is 108 Å². The lowest BCUT2D eigenvalue weighted by molar-refractivity contribution is 1.50. The molecular weight excluding hydrogens is 223 g/mol. The summed E-state index contributed by atoms with van der Waals surface area (Å²) in [6, 6.07) is 10.6. The molecule has 0 aliphatic rings. The van der Waals surface area contributed by atoms with Gasteiger partial charge in [0.15, 0.2) is 0 Å². The highest BCUT2D eigenvalue weighted by atomic mass is 31.1. The fraction of sp³-hybridized carbons (Fsp3) is 0.250. The highest BCUT2D eigenvalue weighted by Gasteiger charge is 2.10. The van der Waals surface area contributed by atoms with Crippen molar-refractivity contribution in [1.29, 1.82) is 0 Å². The lowest BCUT2D eigenvalue weighted by atomic mass is 10.4. The minimum Gasteiger partial charge on any atom is -0.0990 e. The van der Waals surface area contributed by atoms with E-state index in [1.165, 1.54) is 10.6 Å². The van der Waals surface area contributed by atoms with Gasteiger partial charge >= 0.3 is 0 Å². The van der Waals surface area contributed by atoms with Gasteiger partial charge in [-0.25, -0.2) is 0 Å². The van der Waals surface area contributed by atoms with Crippen LogP contribution in [0.2, 0.25) is 0 Å². The molecule has 0 spiro atoms. The summed E-state index contributed by atoms with van der Waals surface area (Å²) in [5, 5.41) is 2.71. The van der Waals surface area contributed by atoms with E-state index in [9.17, 15) is 0 Å². The largest absolute Gasteiger partial charge is 0.0990 e. The first-order valence-corrected chi connectivity index (χ1v) is 7.64. The summed E-state index contributed by atoms with van der Waals surface area (Å²) in [5.74, 6) is 0. The number of hydrogen-bond acceptors (Lipinski definition) is 0. The molecule has 0 N–H and O–H groups in total. The number of allylic oxidation sites excluding steroid dienone is 4. The van der Waals surface area contributed by atoms with Gasteiger partial charge in [-0.1, -0.05) is 82.5 Å². The molecular formula is C16H23P. The minimum absolute atomic E-state index is 0.251. The van der Waals surface area contributed by atoms with Crippen LogP contribution in [0.1, 0.15) is 20.8 Å². The maximum atomic E-state index is 3.87. The Morgan fingerprint density at radius 2 is 1.76 bits per heavy atom. The van der Waals surface area contributed by atoms with E-state index < -0.39 is 0 Å². The molecule has 0 heterocycles. The van der Waals surface area contributed by atoms with Crippen LogP contribution in [0.3, 0.4) is 0 Å². The van der Waals surface area contributed by atoms with Crippen molar-refractivity contribution in [2.75, 3.05) is 6.16 Å². The first-order valence-electron chi connectivity index (χ1n) is 6.11. The summed E-state index contributed by atoms with van der Waals surface area (Å²) in [6.07, 6.45) is 7.00. The van der Waals surface area contributed by atoms with Crippen LogP contribution in [0, 0.1) is 0 Å². The van der Waals surface area contributed by atoms with Crippen molar-refractivity contribution in [3.05, 3.63) is 67.0 Å². The second-order valence-electron chi connectivity index (χ2n) is 3.11. The fourth-order valence-corrected chi connectivity index (χ4v) is 3.58. The standard InChI is InChI=1S/C14H17P.C2H6/c1-4-10-13(5-2)15(6-3)14-11-8-7-9-12-14;1-2/h4-5,7-12H,1-2,6H2,3H3;1-2H3/b13-10+;. The molecule has 0 amide bonds. The molecule has 0 bridgehead atoms. The van der Waals surface area contributed by atoms with E-state index in [-0.39, 0.29) is 7.92 Å². The monoisotopic (exact) mass is 246 g/mol. The number of hydrogen-bond donors (Lipinski definition) is 0. The van der Waals surface area contributed by atoms with Gasteiger partial charge in [0.05, 0.1) is 0 Å². The Hall–Kier alpha value is -1.13. The second-order valence-corrected chi connectivity index (χ2v) is 5.63. The zero-order chi connectivity index (χ0) is 13.1. The molecule has 0 aromatic heterocycles. The maximum Gasteiger partial charge on any atom is -0.0195 e. The van der Waals surface area contributed by atoms with Gasteiger partial charge in [0.2, 0.25) is 0 Å². The molecule has 1 aromatic carbocycles. The molecule has 0 aliphatic carbocycles. The number of benzene rings is 1. The van der Waals surface area contributed by atoms with Gasteiger partial charge in [-0.05, 0) is 24.7 Å². The average molecular weight is 246 g/mol. The normalized spacial score (nSPS) is 12.1. The van der Waals surface area contributed by atoms with Crippen molar-refractivity contribution in [1.82, 2.24) is 0 Å². The van der Waals surface area contributed by atoms with Crippen molar-refractivity contribution >= 4 is 13.2 Å². The maximum absolute atomic E-state index is 3.87. The molecule has 17 heavy (non-hydrogen) atoms. The Morgan fingerprint density at radius 3 is 2.18 bits per heavy atom. The van der Waals surface area contributed by atoms with E-state index in [4.69, 9.17) is 0 Å². The summed E-state index contributed by atoms with van der Waals surface area (Å²) in [5.41, 5.74) is 0. The zero-order valence-corrected chi connectivity index (χ0v) is 12.1. The van der Waals surface area contributed by atoms with E-state index in [2.05, 4.69) is 56.5 Å². The first kappa shape index (κ1) is 15.9. The summed E-state index contributed by atoms with van der Waals surface area (Å²) in [4.78, 5) is 0. The predicted octanol–water partition coefficient (Wildman–Crippen LogP) is 5.10. The molecule has 0 aliphatic heterocycles. The van der Waals surface area contributed by atoms with Crippen molar-refractivity contribution < 1.29 is 0 Å². The van der Waals surface area contributed by atoms with Gasteiger partial charge in [0.25, 0.3) is 0 Å². The molecule has 1 aromatic rings. The van der Waals surface area contributed by atoms with E-state index in [1.54, 1.807) is 0 Å². The van der Waals surface area contributed by atoms with Crippen LogP contribution in [0.5, 0.6) is 0 Å². The average Bonchev–Trinajstić information content (AvgIpc) is 2.42. The van der Waals surface area contributed by atoms with Crippen molar-refractivity contribution in [3.63, 3.8) is 0 Å². The molecule has 1 atom stereocenters. The van der Waals surface area contributed by atoms with Gasteiger partial charge in [0.1, 0.15) is 0 Å². The van der Waals surface area contributed by atoms with Gasteiger partial charge in [-0.3, -0.25) is 0 Å². The molecule has 92 valence electrons. The van der Waals surface area contributed by atoms with E-state index >= 15 is 0 Å². The smallest absolute Gasteiger partial charge is 0.0195 e. The zero-order valence-electron chi connectivity index (χ0n) is 11.2. The summed E-state index contributed by atoms with van der Waals surface area (Å²) in [6.45, 7) is 13.8. The molecule has 1 rings (SSSR count). The third kappa shape index (κ3) is 5.15. The minimum atomic E-state index is -0.251. The second kappa shape index (κ2) is 10.1. The summed E-state index contributed by atoms with van der Waals surface area (Å²) < 4.78 is 0. The quantitative estimate of drug-likeness (QED) is 0.501. The Kier molecular flexibility index (Phi) is 9.38. The van der Waals surface area contributed by atoms with Crippen LogP contribution in [0.15, 0.2) is 67.0 Å². The number of rotatable bonds is 5. The Morgan fingerprint density at radius 1 is 1.18 bits per heavy atom. The van der Waals surface area contributed by atoms with Crippen LogP contribution in [0.25, 0.3) is 0 Å². The molecule has 0 saturated carbocycles. The van der Waals surface area contributed by atoms with Crippen LogP contribution < -0.4 is 5.30 Å².